The van der Waals surface area contributed by atoms with Crippen LogP contribution >= 0.6 is 11.3 Å². The highest BCUT2D eigenvalue weighted by Gasteiger charge is 2.20. The number of hydrogen-bond acceptors (Lipinski definition) is 5. The Morgan fingerprint density at radius 3 is 2.88 bits per heavy atom. The number of anilines is 1. The zero-order valence-electron chi connectivity index (χ0n) is 14.7. The van der Waals surface area contributed by atoms with Crippen molar-refractivity contribution in [2.24, 2.45) is 0 Å². The van der Waals surface area contributed by atoms with E-state index in [1.54, 1.807) is 11.3 Å². The van der Waals surface area contributed by atoms with E-state index in [0.29, 0.717) is 31.2 Å². The molecule has 0 bridgehead atoms. The number of rotatable bonds is 7. The lowest BCUT2D eigenvalue weighted by Crippen LogP contribution is -2.36. The maximum Gasteiger partial charge on any atom is 0.238 e. The van der Waals surface area contributed by atoms with Crippen LogP contribution in [0, 0.1) is 0 Å². The van der Waals surface area contributed by atoms with E-state index in [-0.39, 0.29) is 5.91 Å². The molecule has 2 aromatic rings. The summed E-state index contributed by atoms with van der Waals surface area (Å²) in [6.07, 6.45) is 1.02. The summed E-state index contributed by atoms with van der Waals surface area (Å²) in [5, 5.41) is 5.10. The van der Waals surface area contributed by atoms with Crippen molar-refractivity contribution in [3.8, 4) is 11.5 Å². The van der Waals surface area contributed by atoms with E-state index in [4.69, 9.17) is 9.47 Å². The number of benzene rings is 1. The number of ether oxygens (including phenoxy) is 2. The maximum absolute atomic E-state index is 12.5. The van der Waals surface area contributed by atoms with Crippen molar-refractivity contribution in [1.29, 1.82) is 0 Å². The lowest BCUT2D eigenvalue weighted by molar-refractivity contribution is -0.117. The van der Waals surface area contributed by atoms with Crippen molar-refractivity contribution in [2.75, 3.05) is 31.6 Å². The molecule has 1 aromatic heterocycles. The van der Waals surface area contributed by atoms with Crippen molar-refractivity contribution in [1.82, 2.24) is 4.90 Å². The minimum absolute atomic E-state index is 0.0340. The fourth-order valence-corrected chi connectivity index (χ4v) is 3.87. The van der Waals surface area contributed by atoms with Gasteiger partial charge in [-0.15, -0.1) is 11.3 Å². The molecular formula is C19H24N2O3S. The largest absolute Gasteiger partial charge is 0.494 e. The maximum atomic E-state index is 12.5. The molecule has 1 aliphatic heterocycles. The molecule has 5 nitrogen and oxygen atoms in total. The number of thiophene rings is 1. The van der Waals surface area contributed by atoms with Gasteiger partial charge in [-0.3, -0.25) is 9.69 Å². The Hall–Kier alpha value is -2.05. The number of hydrogen-bond donors (Lipinski definition) is 1. The zero-order chi connectivity index (χ0) is 17.6. The molecule has 0 spiro atoms. The molecule has 0 saturated heterocycles. The second kappa shape index (κ2) is 8.36. The van der Waals surface area contributed by atoms with Crippen LogP contribution in [-0.2, 0) is 17.8 Å². The van der Waals surface area contributed by atoms with E-state index in [1.807, 2.05) is 32.0 Å². The highest BCUT2D eigenvalue weighted by Crippen LogP contribution is 2.30. The molecular weight excluding hydrogens is 336 g/mol. The monoisotopic (exact) mass is 360 g/mol. The molecule has 0 aliphatic carbocycles. The molecule has 1 aliphatic rings. The second-order valence-electron chi connectivity index (χ2n) is 5.90. The molecule has 0 saturated carbocycles. The lowest BCUT2D eigenvalue weighted by atomic mass is 10.1. The van der Waals surface area contributed by atoms with Crippen molar-refractivity contribution in [2.45, 2.75) is 26.8 Å². The van der Waals surface area contributed by atoms with Crippen LogP contribution in [0.4, 0.5) is 5.69 Å². The summed E-state index contributed by atoms with van der Waals surface area (Å²) < 4.78 is 11.1. The highest BCUT2D eigenvalue weighted by molar-refractivity contribution is 7.10. The summed E-state index contributed by atoms with van der Waals surface area (Å²) in [5.74, 6) is 1.36. The van der Waals surface area contributed by atoms with Gasteiger partial charge < -0.3 is 14.8 Å². The van der Waals surface area contributed by atoms with Gasteiger partial charge in [0, 0.05) is 24.0 Å². The van der Waals surface area contributed by atoms with E-state index in [1.165, 1.54) is 10.4 Å². The third-order valence-corrected chi connectivity index (χ3v) is 5.11. The second-order valence-corrected chi connectivity index (χ2v) is 6.90. The first kappa shape index (κ1) is 17.8. The SMILES string of the molecule is CCOc1ccc(OCC)c(NC(=O)CN2CCc3sccc3C2)c1. The molecule has 0 unspecified atom stereocenters. The summed E-state index contributed by atoms with van der Waals surface area (Å²) in [6.45, 7) is 7.11. The predicted octanol–water partition coefficient (Wildman–Crippen LogP) is 3.54. The number of fused-ring (bicyclic) bond motifs is 1. The van der Waals surface area contributed by atoms with Gasteiger partial charge >= 0.3 is 0 Å². The van der Waals surface area contributed by atoms with Crippen LogP contribution in [0.15, 0.2) is 29.6 Å². The van der Waals surface area contributed by atoms with Gasteiger partial charge in [-0.2, -0.15) is 0 Å². The number of carbonyl (C=O) groups excluding carboxylic acids is 1. The first-order valence-corrected chi connectivity index (χ1v) is 9.54. The first-order valence-electron chi connectivity index (χ1n) is 8.66. The van der Waals surface area contributed by atoms with Gasteiger partial charge in [0.15, 0.2) is 0 Å². The topological polar surface area (TPSA) is 50.8 Å². The Labute approximate surface area is 152 Å². The summed E-state index contributed by atoms with van der Waals surface area (Å²) in [7, 11) is 0. The molecule has 1 amide bonds. The summed E-state index contributed by atoms with van der Waals surface area (Å²) >= 11 is 1.80. The molecule has 0 fully saturated rings. The standard InChI is InChI=1S/C19H24N2O3S/c1-3-23-15-5-6-17(24-4-2)16(11-15)20-19(22)13-21-9-7-18-14(12-21)8-10-25-18/h5-6,8,10-11H,3-4,7,9,12-13H2,1-2H3,(H,20,22). The van der Waals surface area contributed by atoms with Gasteiger partial charge in [0.25, 0.3) is 0 Å². The third kappa shape index (κ3) is 4.52. The molecule has 1 aromatic carbocycles. The van der Waals surface area contributed by atoms with Gasteiger partial charge in [-0.25, -0.2) is 0 Å². The average Bonchev–Trinajstić information content (AvgIpc) is 3.05. The quantitative estimate of drug-likeness (QED) is 0.820. The Morgan fingerprint density at radius 2 is 2.08 bits per heavy atom. The van der Waals surface area contributed by atoms with Crippen LogP contribution in [0.5, 0.6) is 11.5 Å². The normalized spacial score (nSPS) is 14.0. The molecule has 2 heterocycles. The number of nitrogens with one attached hydrogen (secondary N) is 1. The number of carbonyl (C=O) groups is 1. The Bertz CT molecular complexity index is 729. The van der Waals surface area contributed by atoms with Gasteiger partial charge in [0.05, 0.1) is 25.4 Å². The van der Waals surface area contributed by atoms with E-state index in [0.717, 1.165) is 25.3 Å². The molecule has 3 rings (SSSR count). The van der Waals surface area contributed by atoms with Crippen molar-refractivity contribution in [3.05, 3.63) is 40.1 Å². The number of amides is 1. The fraction of sp³-hybridized carbons (Fsp3) is 0.421. The van der Waals surface area contributed by atoms with Crippen LogP contribution in [0.1, 0.15) is 24.3 Å². The smallest absolute Gasteiger partial charge is 0.238 e. The van der Waals surface area contributed by atoms with Crippen molar-refractivity contribution in [3.63, 3.8) is 0 Å². The highest BCUT2D eigenvalue weighted by atomic mass is 32.1. The third-order valence-electron chi connectivity index (χ3n) is 4.09. The lowest BCUT2D eigenvalue weighted by Gasteiger charge is -2.26. The minimum Gasteiger partial charge on any atom is -0.494 e. The predicted molar refractivity (Wildman–Crippen MR) is 101 cm³/mol. The molecule has 1 N–H and O–H groups in total. The van der Waals surface area contributed by atoms with Gasteiger partial charge in [-0.1, -0.05) is 0 Å². The summed E-state index contributed by atoms with van der Waals surface area (Å²) in [5.41, 5.74) is 2.00. The van der Waals surface area contributed by atoms with Gasteiger partial charge in [0.2, 0.25) is 5.91 Å². The van der Waals surface area contributed by atoms with Crippen molar-refractivity contribution < 1.29 is 14.3 Å². The van der Waals surface area contributed by atoms with Crippen LogP contribution in [0.25, 0.3) is 0 Å². The Kier molecular flexibility index (Phi) is 5.94. The van der Waals surface area contributed by atoms with Crippen LogP contribution in [0.3, 0.4) is 0 Å². The first-order chi connectivity index (χ1) is 12.2. The van der Waals surface area contributed by atoms with Gasteiger partial charge in [0.1, 0.15) is 11.5 Å². The fourth-order valence-electron chi connectivity index (χ4n) is 2.98. The summed E-state index contributed by atoms with van der Waals surface area (Å²) in [6, 6.07) is 7.66. The van der Waals surface area contributed by atoms with Crippen LogP contribution < -0.4 is 14.8 Å². The average molecular weight is 360 g/mol. The van der Waals surface area contributed by atoms with E-state index >= 15 is 0 Å². The number of nitrogens with zero attached hydrogens (tertiary/aromatic N) is 1. The zero-order valence-corrected chi connectivity index (χ0v) is 15.5. The molecule has 25 heavy (non-hydrogen) atoms. The summed E-state index contributed by atoms with van der Waals surface area (Å²) in [4.78, 5) is 16.1. The minimum atomic E-state index is -0.0340. The molecule has 0 radical (unpaired) electrons. The Balaban J connectivity index is 1.64. The van der Waals surface area contributed by atoms with Crippen LogP contribution in [-0.4, -0.2) is 37.1 Å². The van der Waals surface area contributed by atoms with E-state index in [2.05, 4.69) is 21.7 Å². The van der Waals surface area contributed by atoms with E-state index in [9.17, 15) is 4.79 Å². The van der Waals surface area contributed by atoms with Gasteiger partial charge in [-0.05, 0) is 49.4 Å². The Morgan fingerprint density at radius 1 is 1.24 bits per heavy atom. The van der Waals surface area contributed by atoms with Crippen LogP contribution in [0.2, 0.25) is 0 Å². The van der Waals surface area contributed by atoms with E-state index < -0.39 is 0 Å². The molecule has 6 heteroatoms. The molecule has 134 valence electrons. The van der Waals surface area contributed by atoms with Crippen molar-refractivity contribution >= 4 is 22.9 Å². The molecule has 0 atom stereocenters.